The number of carbonyl (C=O) groups is 6. The molecule has 2 amide bonds. The number of aliphatic hydroxyl groups is 1. The van der Waals surface area contributed by atoms with E-state index in [1.165, 1.54) is 0 Å². The summed E-state index contributed by atoms with van der Waals surface area (Å²) in [5.41, 5.74) is 10.3. The maximum Gasteiger partial charge on any atom is 0.312 e. The van der Waals surface area contributed by atoms with Crippen LogP contribution in [0.4, 0.5) is 4.79 Å². The number of rotatable bonds is 52. The zero-order chi connectivity index (χ0) is 53.8. The molecule has 0 aromatic heterocycles. The van der Waals surface area contributed by atoms with Gasteiger partial charge in [-0.15, -0.1) is 0 Å². The molecular formula is C36H57N3O34. The van der Waals surface area contributed by atoms with Gasteiger partial charge in [0.1, 0.15) is 29.7 Å². The number of Topliss-reactive ketones (excluding diaryl/α,β-unsaturated/α-hetero) is 4. The first kappa shape index (κ1) is 66.5. The van der Waals surface area contributed by atoms with Gasteiger partial charge in [-0.1, -0.05) is 38.1 Å². The van der Waals surface area contributed by atoms with Crippen LogP contribution in [0, 0.1) is 23.2 Å². The average Bonchev–Trinajstić information content (AvgIpc) is 3.36. The maximum atomic E-state index is 13.7. The lowest BCUT2D eigenvalue weighted by Gasteiger charge is -2.30. The Morgan fingerprint density at radius 1 is 0.589 bits per heavy atom. The zero-order valence-electron chi connectivity index (χ0n) is 39.4. The summed E-state index contributed by atoms with van der Waals surface area (Å²) in [7, 11) is 2.12. The van der Waals surface area contributed by atoms with E-state index in [2.05, 4.69) is 126 Å². The molecule has 37 heteroatoms. The molecule has 1 aromatic rings. The number of amides is 2. The first-order valence-electron chi connectivity index (χ1n) is 20.9. The first-order valence-corrected chi connectivity index (χ1v) is 20.9. The molecule has 0 spiro atoms. The molecule has 0 bridgehead atoms. The van der Waals surface area contributed by atoms with Crippen molar-refractivity contribution in [1.82, 2.24) is 5.32 Å². The number of carbonyl (C=O) groups excluding carboxylic acids is 6. The van der Waals surface area contributed by atoms with Crippen molar-refractivity contribution in [2.45, 2.75) is 84.7 Å². The van der Waals surface area contributed by atoms with Gasteiger partial charge in [-0.2, -0.15) is 0 Å². The normalized spacial score (nSPS) is 12.5. The van der Waals surface area contributed by atoms with Crippen molar-refractivity contribution in [2.75, 3.05) is 47.1 Å². The summed E-state index contributed by atoms with van der Waals surface area (Å²) in [5.74, 6) is -4.07. The van der Waals surface area contributed by atoms with E-state index in [0.29, 0.717) is 17.5 Å². The number of ketones is 4. The van der Waals surface area contributed by atoms with Crippen LogP contribution in [0.2, 0.25) is 0 Å². The van der Waals surface area contributed by atoms with Crippen LogP contribution < -0.4 is 16.8 Å². The number of primary amides is 1. The van der Waals surface area contributed by atoms with Gasteiger partial charge < -0.3 is 26.6 Å². The second-order valence-electron chi connectivity index (χ2n) is 14.6. The molecule has 37 nitrogen and oxygen atoms in total. The van der Waals surface area contributed by atoms with Crippen molar-refractivity contribution in [3.8, 4) is 0 Å². The summed E-state index contributed by atoms with van der Waals surface area (Å²) in [6.45, 7) is 1.21. The van der Waals surface area contributed by atoms with E-state index in [1.54, 1.807) is 38.1 Å². The monoisotopic (exact) mass is 1080 g/mol. The van der Waals surface area contributed by atoms with E-state index in [4.69, 9.17) is 26.0 Å². The Morgan fingerprint density at radius 2 is 1.07 bits per heavy atom. The minimum absolute atomic E-state index is 0.0165. The second-order valence-corrected chi connectivity index (χ2v) is 14.6. The van der Waals surface area contributed by atoms with E-state index in [0.717, 1.165) is 14.2 Å². The molecule has 420 valence electrons. The van der Waals surface area contributed by atoms with Gasteiger partial charge in [-0.3, -0.25) is 24.0 Å². The Labute approximate surface area is 411 Å². The molecule has 0 aliphatic rings. The van der Waals surface area contributed by atoms with Gasteiger partial charge in [-0.05, 0) is 154 Å². The molecule has 0 fully saturated rings. The van der Waals surface area contributed by atoms with E-state index >= 15 is 0 Å². The third kappa shape index (κ3) is 35.4. The number of benzene rings is 1. The molecule has 0 saturated carbocycles. The fourth-order valence-electron chi connectivity index (χ4n) is 5.79. The molecule has 0 aliphatic heterocycles. The summed E-state index contributed by atoms with van der Waals surface area (Å²) in [6.07, 6.45) is -0.945. The van der Waals surface area contributed by atoms with Crippen molar-refractivity contribution in [3.63, 3.8) is 0 Å². The number of esters is 1. The van der Waals surface area contributed by atoms with E-state index < -0.39 is 61.3 Å². The predicted octanol–water partition coefficient (Wildman–Crippen LogP) is 1.20. The number of nitrogens with two attached hydrogens (primary N) is 2. The molecule has 0 saturated heterocycles. The second kappa shape index (κ2) is 43.9. The van der Waals surface area contributed by atoms with Crippen LogP contribution >= 0.6 is 0 Å². The number of urea groups is 1. The van der Waals surface area contributed by atoms with Gasteiger partial charge in [0.2, 0.25) is 0 Å². The van der Waals surface area contributed by atoms with Crippen molar-refractivity contribution in [2.24, 2.45) is 34.6 Å². The van der Waals surface area contributed by atoms with Crippen LogP contribution in [0.1, 0.15) is 82.8 Å². The van der Waals surface area contributed by atoms with Crippen molar-refractivity contribution < 1.29 is 169 Å². The van der Waals surface area contributed by atoms with E-state index in [-0.39, 0.29) is 94.3 Å². The molecule has 2 unspecified atom stereocenters. The lowest BCUT2D eigenvalue weighted by Crippen LogP contribution is -2.40. The fraction of sp³-hybridized carbons (Fsp3) is 0.667. The van der Waals surface area contributed by atoms with Gasteiger partial charge in [0.25, 0.3) is 0 Å². The Balaban J connectivity index is 2.89. The van der Waals surface area contributed by atoms with Gasteiger partial charge in [0, 0.05) is 63.3 Å². The largest absolute Gasteiger partial charge is 0.465 e. The standard InChI is InChI=1S/C36H57N3O34/c1-25(2)31(33(44)18-28(7-6-16-39-35(38)46)32(43)17-26-10-12-27(21-40)13-11-26)19-29(41)8-5-9-34(45)49-22-36(20-30(42)14-15-37,23-50-54-58-62-66-70-72-68-64-60-56-52-47-3)24-51-55-59-63-67-71-73-69-65-61-57-53-48-4/h10-13,25,28,31,40H,5-9,14-24,37H2,1-4H3,(H3,38,39,46). The highest BCUT2D eigenvalue weighted by atomic mass is 18.0. The minimum Gasteiger partial charge on any atom is -0.465 e. The highest BCUT2D eigenvalue weighted by Gasteiger charge is 2.37. The third-order valence-corrected chi connectivity index (χ3v) is 9.07. The van der Waals surface area contributed by atoms with Crippen LogP contribution in [-0.2, 0) is 172 Å². The molecule has 1 aromatic carbocycles. The molecule has 0 aliphatic carbocycles. The summed E-state index contributed by atoms with van der Waals surface area (Å²) in [5, 5.41) is 96.3. The summed E-state index contributed by atoms with van der Waals surface area (Å²) >= 11 is 0. The molecule has 1 rings (SSSR count). The Bertz CT molecular complexity index is 1600. The summed E-state index contributed by atoms with van der Waals surface area (Å²) in [4.78, 5) is 95.2. The van der Waals surface area contributed by atoms with Gasteiger partial charge in [0.15, 0.2) is 0 Å². The number of ether oxygens (including phenoxy) is 1. The topological polar surface area (TPSA) is 436 Å². The quantitative estimate of drug-likeness (QED) is 0.0308. The van der Waals surface area contributed by atoms with E-state index in [1.807, 2.05) is 0 Å². The Hall–Kier alpha value is -4.48. The number of aliphatic hydroxyl groups excluding tert-OH is 1. The lowest BCUT2D eigenvalue weighted by atomic mass is 9.80. The molecule has 6 N–H and O–H groups in total. The van der Waals surface area contributed by atoms with Crippen LogP contribution in [0.3, 0.4) is 0 Å². The highest BCUT2D eigenvalue weighted by molar-refractivity contribution is 5.92. The maximum absolute atomic E-state index is 13.7. The lowest BCUT2D eigenvalue weighted by molar-refractivity contribution is -0.870. The molecule has 0 radical (unpaired) electrons. The highest BCUT2D eigenvalue weighted by Crippen LogP contribution is 2.28. The molecule has 73 heavy (non-hydrogen) atoms. The zero-order valence-corrected chi connectivity index (χ0v) is 39.4. The molecule has 0 heterocycles. The SMILES string of the molecule is COOOOOOOOOOOOOCC(COOOOOOOOOOOOOC)(COC(=O)CCCC(=O)CC(C(=O)CC(CCCNC(N)=O)C(=O)Cc1ccc(CO)cc1)C(C)C)CC(=O)CCN. The minimum atomic E-state index is -1.75. The summed E-state index contributed by atoms with van der Waals surface area (Å²) < 4.78 is 5.41. The van der Waals surface area contributed by atoms with Crippen LogP contribution in [-0.4, -0.2) is 87.4 Å². The van der Waals surface area contributed by atoms with Crippen molar-refractivity contribution >= 4 is 35.1 Å². The number of nitrogens with one attached hydrogen (secondary N) is 1. The van der Waals surface area contributed by atoms with E-state index in [9.17, 15) is 33.9 Å². The van der Waals surface area contributed by atoms with Crippen LogP contribution in [0.15, 0.2) is 24.3 Å². The Morgan fingerprint density at radius 3 is 1.52 bits per heavy atom. The van der Waals surface area contributed by atoms with Crippen LogP contribution in [0.5, 0.6) is 0 Å². The number of hydrogen-bond donors (Lipinski definition) is 4. The van der Waals surface area contributed by atoms with Crippen molar-refractivity contribution in [3.05, 3.63) is 35.4 Å². The first-order chi connectivity index (χ1) is 35.3. The predicted molar refractivity (Wildman–Crippen MR) is 209 cm³/mol. The Kier molecular flexibility index (Phi) is 40.0. The summed E-state index contributed by atoms with van der Waals surface area (Å²) in [6, 6.07) is 6.05. The van der Waals surface area contributed by atoms with Gasteiger partial charge in [0.05, 0.1) is 39.5 Å². The molecular weight excluding hydrogens is 1020 g/mol. The third-order valence-electron chi connectivity index (χ3n) is 9.07. The van der Waals surface area contributed by atoms with Gasteiger partial charge in [-0.25, -0.2) is 24.3 Å². The fourth-order valence-corrected chi connectivity index (χ4v) is 5.79. The smallest absolute Gasteiger partial charge is 0.312 e. The number of hydrogen-bond acceptors (Lipinski definition) is 35. The van der Waals surface area contributed by atoms with Gasteiger partial charge >= 0.3 is 12.0 Å². The average molecular weight is 1080 g/mol. The van der Waals surface area contributed by atoms with Crippen molar-refractivity contribution in [1.29, 1.82) is 0 Å². The molecule has 2 atom stereocenters. The van der Waals surface area contributed by atoms with Crippen LogP contribution in [0.25, 0.3) is 0 Å².